The molecule has 0 aliphatic carbocycles. The molecule has 0 spiro atoms. The van der Waals surface area contributed by atoms with Crippen molar-refractivity contribution in [2.24, 2.45) is 4.99 Å². The van der Waals surface area contributed by atoms with Crippen LogP contribution in [0.2, 0.25) is 0 Å². The van der Waals surface area contributed by atoms with Crippen molar-refractivity contribution in [1.29, 1.82) is 0 Å². The number of guanidine groups is 1. The molecule has 0 radical (unpaired) electrons. The molecule has 122 valence electrons. The van der Waals surface area contributed by atoms with Crippen LogP contribution in [0.15, 0.2) is 17.4 Å². The Morgan fingerprint density at radius 2 is 2.00 bits per heavy atom. The van der Waals surface area contributed by atoms with Crippen molar-refractivity contribution in [2.75, 3.05) is 39.3 Å². The van der Waals surface area contributed by atoms with Crippen LogP contribution in [-0.4, -0.2) is 70.7 Å². The summed E-state index contributed by atoms with van der Waals surface area (Å²) in [6, 6.07) is 0. The summed E-state index contributed by atoms with van der Waals surface area (Å²) in [5.74, 6) is 1.07. The summed E-state index contributed by atoms with van der Waals surface area (Å²) in [4.78, 5) is 20.2. The summed E-state index contributed by atoms with van der Waals surface area (Å²) in [6.07, 6.45) is 3.88. The molecule has 0 aromatic carbocycles. The van der Waals surface area contributed by atoms with E-state index in [1.165, 1.54) is 0 Å². The molecular weight excluding hydrogens is 280 g/mol. The second kappa shape index (κ2) is 7.82. The van der Waals surface area contributed by atoms with Gasteiger partial charge in [-0.3, -0.25) is 14.5 Å². The highest BCUT2D eigenvalue weighted by Crippen LogP contribution is 2.03. The minimum atomic E-state index is 0.149. The molecule has 1 aromatic rings. The molecule has 1 saturated heterocycles. The molecule has 1 amide bonds. The Morgan fingerprint density at radius 3 is 2.55 bits per heavy atom. The highest BCUT2D eigenvalue weighted by Gasteiger charge is 2.20. The number of aliphatic imine (C=N–C) groups is 1. The van der Waals surface area contributed by atoms with Gasteiger partial charge in [0.2, 0.25) is 5.91 Å². The fourth-order valence-corrected chi connectivity index (χ4v) is 2.51. The molecule has 0 bridgehead atoms. The third-order valence-electron chi connectivity index (χ3n) is 3.71. The van der Waals surface area contributed by atoms with Crippen LogP contribution in [0.5, 0.6) is 0 Å². The van der Waals surface area contributed by atoms with Crippen molar-refractivity contribution < 1.29 is 4.79 Å². The van der Waals surface area contributed by atoms with E-state index in [0.29, 0.717) is 6.54 Å². The first kappa shape index (κ1) is 16.3. The molecular formula is C15H26N6O. The van der Waals surface area contributed by atoms with Gasteiger partial charge in [-0.2, -0.15) is 5.10 Å². The van der Waals surface area contributed by atoms with Gasteiger partial charge < -0.3 is 15.1 Å². The van der Waals surface area contributed by atoms with E-state index in [1.807, 2.05) is 28.9 Å². The highest BCUT2D eigenvalue weighted by molar-refractivity contribution is 5.80. The summed E-state index contributed by atoms with van der Waals surface area (Å²) >= 11 is 0. The maximum absolute atomic E-state index is 11.4. The molecule has 7 nitrogen and oxygen atoms in total. The minimum Gasteiger partial charge on any atom is -0.357 e. The quantitative estimate of drug-likeness (QED) is 0.643. The van der Waals surface area contributed by atoms with Crippen molar-refractivity contribution in [1.82, 2.24) is 24.9 Å². The Labute approximate surface area is 132 Å². The summed E-state index contributed by atoms with van der Waals surface area (Å²) < 4.78 is 1.91. The first-order valence-corrected chi connectivity index (χ1v) is 7.88. The first-order chi connectivity index (χ1) is 10.6. The van der Waals surface area contributed by atoms with Crippen LogP contribution in [0, 0.1) is 6.92 Å². The van der Waals surface area contributed by atoms with Crippen LogP contribution in [-0.2, 0) is 11.3 Å². The largest absolute Gasteiger partial charge is 0.357 e. The summed E-state index contributed by atoms with van der Waals surface area (Å²) in [5, 5.41) is 7.60. The topological polar surface area (TPSA) is 65.8 Å². The summed E-state index contributed by atoms with van der Waals surface area (Å²) in [6.45, 7) is 11.2. The van der Waals surface area contributed by atoms with Crippen LogP contribution < -0.4 is 5.32 Å². The Balaban J connectivity index is 1.88. The van der Waals surface area contributed by atoms with Crippen LogP contribution in [0.4, 0.5) is 0 Å². The van der Waals surface area contributed by atoms with E-state index < -0.39 is 0 Å². The maximum atomic E-state index is 11.4. The van der Waals surface area contributed by atoms with Crippen LogP contribution >= 0.6 is 0 Å². The highest BCUT2D eigenvalue weighted by atomic mass is 16.2. The third-order valence-corrected chi connectivity index (χ3v) is 3.71. The van der Waals surface area contributed by atoms with Crippen molar-refractivity contribution >= 4 is 11.9 Å². The van der Waals surface area contributed by atoms with E-state index in [1.54, 1.807) is 6.92 Å². The number of carbonyl (C=O) groups excluding carboxylic acids is 1. The molecule has 1 aliphatic heterocycles. The average Bonchev–Trinajstić information content (AvgIpc) is 2.92. The van der Waals surface area contributed by atoms with Gasteiger partial charge in [-0.15, -0.1) is 0 Å². The monoisotopic (exact) mass is 306 g/mol. The normalized spacial score (nSPS) is 16.0. The molecule has 1 N–H and O–H groups in total. The zero-order valence-electron chi connectivity index (χ0n) is 13.7. The molecule has 1 aliphatic rings. The third kappa shape index (κ3) is 4.47. The molecule has 0 unspecified atom stereocenters. The molecule has 7 heteroatoms. The van der Waals surface area contributed by atoms with Crippen LogP contribution in [0.25, 0.3) is 0 Å². The van der Waals surface area contributed by atoms with Gasteiger partial charge in [-0.05, 0) is 19.4 Å². The van der Waals surface area contributed by atoms with E-state index in [-0.39, 0.29) is 5.91 Å². The van der Waals surface area contributed by atoms with Gasteiger partial charge >= 0.3 is 0 Å². The maximum Gasteiger partial charge on any atom is 0.219 e. The van der Waals surface area contributed by atoms with Gasteiger partial charge in [0.05, 0.1) is 19.3 Å². The smallest absolute Gasteiger partial charge is 0.219 e. The Hall–Kier alpha value is -2.05. The van der Waals surface area contributed by atoms with E-state index in [0.717, 1.165) is 50.8 Å². The van der Waals surface area contributed by atoms with Gasteiger partial charge in [0.1, 0.15) is 0 Å². The van der Waals surface area contributed by atoms with Gasteiger partial charge in [0, 0.05) is 45.8 Å². The first-order valence-electron chi connectivity index (χ1n) is 7.88. The molecule has 22 heavy (non-hydrogen) atoms. The van der Waals surface area contributed by atoms with Gasteiger partial charge in [-0.1, -0.05) is 0 Å². The van der Waals surface area contributed by atoms with E-state index in [2.05, 4.69) is 27.2 Å². The number of amides is 1. The van der Waals surface area contributed by atoms with Crippen molar-refractivity contribution in [3.05, 3.63) is 18.0 Å². The summed E-state index contributed by atoms with van der Waals surface area (Å²) in [5.41, 5.74) is 1.16. The zero-order valence-corrected chi connectivity index (χ0v) is 13.7. The number of nitrogens with zero attached hydrogens (tertiary/aromatic N) is 5. The number of aryl methyl sites for hydroxylation is 1. The standard InChI is InChI=1S/C15H26N6O/c1-4-16-15(17-5-6-21-12-13(2)11-18-21)20-9-7-19(8-10-20)14(3)22/h11-12H,4-10H2,1-3H3,(H,16,17). The summed E-state index contributed by atoms with van der Waals surface area (Å²) in [7, 11) is 0. The van der Waals surface area contributed by atoms with Crippen LogP contribution in [0.3, 0.4) is 0 Å². The number of nitrogens with one attached hydrogen (secondary N) is 1. The van der Waals surface area contributed by atoms with Crippen LogP contribution in [0.1, 0.15) is 19.4 Å². The van der Waals surface area contributed by atoms with E-state index >= 15 is 0 Å². The predicted molar refractivity (Wildman–Crippen MR) is 86.8 cm³/mol. The Bertz CT molecular complexity index is 516. The minimum absolute atomic E-state index is 0.149. The number of rotatable bonds is 4. The molecule has 1 aromatic heterocycles. The Kier molecular flexibility index (Phi) is 5.80. The lowest BCUT2D eigenvalue weighted by atomic mass is 10.3. The van der Waals surface area contributed by atoms with E-state index in [4.69, 9.17) is 0 Å². The number of hydrogen-bond donors (Lipinski definition) is 1. The van der Waals surface area contributed by atoms with Gasteiger partial charge in [0.25, 0.3) is 0 Å². The fourth-order valence-electron chi connectivity index (χ4n) is 2.51. The second-order valence-electron chi connectivity index (χ2n) is 5.51. The second-order valence-corrected chi connectivity index (χ2v) is 5.51. The number of carbonyl (C=O) groups is 1. The van der Waals surface area contributed by atoms with Gasteiger partial charge in [-0.25, -0.2) is 0 Å². The van der Waals surface area contributed by atoms with E-state index in [9.17, 15) is 4.79 Å². The average molecular weight is 306 g/mol. The molecule has 0 atom stereocenters. The SMILES string of the molecule is CCNC(=NCCn1cc(C)cn1)N1CCN(C(C)=O)CC1. The van der Waals surface area contributed by atoms with Gasteiger partial charge in [0.15, 0.2) is 5.96 Å². The number of piperazine rings is 1. The lowest BCUT2D eigenvalue weighted by Gasteiger charge is -2.36. The van der Waals surface area contributed by atoms with Crippen molar-refractivity contribution in [3.63, 3.8) is 0 Å². The molecule has 2 rings (SSSR count). The lowest BCUT2D eigenvalue weighted by molar-refractivity contribution is -0.130. The lowest BCUT2D eigenvalue weighted by Crippen LogP contribution is -2.53. The zero-order chi connectivity index (χ0) is 15.9. The van der Waals surface area contributed by atoms with Crippen molar-refractivity contribution in [3.8, 4) is 0 Å². The number of hydrogen-bond acceptors (Lipinski definition) is 3. The molecule has 0 saturated carbocycles. The fraction of sp³-hybridized carbons (Fsp3) is 0.667. The predicted octanol–water partition coefficient (Wildman–Crippen LogP) is 0.321. The Morgan fingerprint density at radius 1 is 1.32 bits per heavy atom. The number of aromatic nitrogens is 2. The van der Waals surface area contributed by atoms with Crippen molar-refractivity contribution in [2.45, 2.75) is 27.3 Å². The molecule has 2 heterocycles. The molecule has 1 fully saturated rings.